The summed E-state index contributed by atoms with van der Waals surface area (Å²) in [5.41, 5.74) is 1.22. The van der Waals surface area contributed by atoms with Crippen LogP contribution < -0.4 is 15.4 Å². The van der Waals surface area contributed by atoms with Crippen LogP contribution in [-0.4, -0.2) is 60.0 Å². The molecule has 11 nitrogen and oxygen atoms in total. The van der Waals surface area contributed by atoms with Crippen molar-refractivity contribution < 1.29 is 20.1 Å². The maximum absolute atomic E-state index is 10.2. The Morgan fingerprint density at radius 3 is 2.54 bits per heavy atom. The third-order valence-corrected chi connectivity index (χ3v) is 4.34. The first-order valence-corrected chi connectivity index (χ1v) is 8.74. The summed E-state index contributed by atoms with van der Waals surface area (Å²) in [4.78, 5) is 8.80. The molecule has 0 radical (unpaired) electrons. The summed E-state index contributed by atoms with van der Waals surface area (Å²) in [6, 6.07) is 2.63. The van der Waals surface area contributed by atoms with Crippen LogP contribution in [0.2, 0.25) is 0 Å². The van der Waals surface area contributed by atoms with Gasteiger partial charge >= 0.3 is 0 Å². The Morgan fingerprint density at radius 2 is 1.93 bits per heavy atom. The largest absolute Gasteiger partial charge is 0.507 e. The number of methoxy groups -OCH3 is 1. The van der Waals surface area contributed by atoms with Crippen molar-refractivity contribution >= 4 is 22.9 Å². The van der Waals surface area contributed by atoms with E-state index in [2.05, 4.69) is 30.9 Å². The number of rotatable bonds is 8. The number of phenols is 2. The van der Waals surface area contributed by atoms with Crippen LogP contribution in [0.5, 0.6) is 17.2 Å². The Morgan fingerprint density at radius 1 is 1.21 bits per heavy atom. The Labute approximate surface area is 161 Å². The second kappa shape index (κ2) is 8.13. The van der Waals surface area contributed by atoms with E-state index >= 15 is 0 Å². The molecule has 150 valence electrons. The lowest BCUT2D eigenvalue weighted by molar-refractivity contribution is 0.271. The third kappa shape index (κ3) is 3.83. The molecule has 0 spiro atoms. The van der Waals surface area contributed by atoms with Gasteiger partial charge in [0.15, 0.2) is 17.0 Å². The summed E-state index contributed by atoms with van der Waals surface area (Å²) in [5.74, 6) is 0.808. The second-order valence-electron chi connectivity index (χ2n) is 6.21. The number of nitrogens with zero attached hydrogens (tertiary/aromatic N) is 5. The summed E-state index contributed by atoms with van der Waals surface area (Å²) >= 11 is 0. The van der Waals surface area contributed by atoms with E-state index in [0.717, 1.165) is 0 Å². The number of phenolic OH excluding ortho intramolecular Hbond substituents is 2. The van der Waals surface area contributed by atoms with E-state index in [9.17, 15) is 15.3 Å². The Hall–Kier alpha value is -3.34. The zero-order valence-electron chi connectivity index (χ0n) is 15.8. The normalized spacial score (nSPS) is 12.1. The van der Waals surface area contributed by atoms with Gasteiger partial charge in [0.05, 0.1) is 25.3 Å². The molecule has 0 aliphatic carbocycles. The van der Waals surface area contributed by atoms with Gasteiger partial charge in [-0.25, -0.2) is 4.68 Å². The highest BCUT2D eigenvalue weighted by Gasteiger charge is 2.17. The number of fused-ring (bicyclic) bond motifs is 1. The first-order valence-electron chi connectivity index (χ1n) is 8.74. The van der Waals surface area contributed by atoms with Gasteiger partial charge in [0, 0.05) is 25.7 Å². The highest BCUT2D eigenvalue weighted by atomic mass is 16.5. The monoisotopic (exact) mass is 389 g/mol. The predicted molar refractivity (Wildman–Crippen MR) is 103 cm³/mol. The molecule has 1 unspecified atom stereocenters. The van der Waals surface area contributed by atoms with E-state index in [1.807, 2.05) is 6.92 Å². The fourth-order valence-corrected chi connectivity index (χ4v) is 2.65. The molecule has 1 atom stereocenters. The predicted octanol–water partition coefficient (Wildman–Crippen LogP) is 0.973. The van der Waals surface area contributed by atoms with Crippen molar-refractivity contribution in [1.29, 1.82) is 0 Å². The van der Waals surface area contributed by atoms with E-state index < -0.39 is 0 Å². The van der Waals surface area contributed by atoms with Crippen LogP contribution in [0, 0.1) is 0 Å². The molecule has 3 aromatic rings. The maximum atomic E-state index is 10.2. The lowest BCUT2D eigenvalue weighted by Crippen LogP contribution is -2.24. The number of aliphatic hydroxyl groups is 1. The summed E-state index contributed by atoms with van der Waals surface area (Å²) in [6.45, 7) is 1.96. The molecule has 1 aromatic carbocycles. The van der Waals surface area contributed by atoms with Crippen LogP contribution >= 0.6 is 0 Å². The van der Waals surface area contributed by atoms with Gasteiger partial charge < -0.3 is 30.7 Å². The van der Waals surface area contributed by atoms with Crippen molar-refractivity contribution in [2.24, 2.45) is 7.05 Å². The van der Waals surface area contributed by atoms with E-state index in [1.54, 1.807) is 7.05 Å². The molecule has 3 rings (SSSR count). The van der Waals surface area contributed by atoms with Crippen molar-refractivity contribution in [3.63, 3.8) is 0 Å². The van der Waals surface area contributed by atoms with Crippen LogP contribution in [0.15, 0.2) is 12.1 Å². The summed E-state index contributed by atoms with van der Waals surface area (Å²) < 4.78 is 6.53. The molecule has 2 aromatic heterocycles. The fourth-order valence-electron chi connectivity index (χ4n) is 2.65. The number of anilines is 2. The molecule has 0 aliphatic rings. The number of nitrogens with one attached hydrogen (secondary N) is 2. The van der Waals surface area contributed by atoms with Crippen molar-refractivity contribution in [3.05, 3.63) is 17.7 Å². The molecule has 0 saturated carbocycles. The van der Waals surface area contributed by atoms with Gasteiger partial charge in [-0.15, -0.1) is 5.10 Å². The minimum atomic E-state index is -0.193. The molecule has 0 amide bonds. The SMILES string of the molecule is CCC(CO)Nc1nc(NCc2c(O)cc(OC)cc2O)c2nnn(C)c2n1. The lowest BCUT2D eigenvalue weighted by Gasteiger charge is -2.15. The smallest absolute Gasteiger partial charge is 0.227 e. The topological polar surface area (TPSA) is 150 Å². The highest BCUT2D eigenvalue weighted by Crippen LogP contribution is 2.33. The number of benzene rings is 1. The van der Waals surface area contributed by atoms with Gasteiger partial charge in [0.1, 0.15) is 17.2 Å². The van der Waals surface area contributed by atoms with Crippen LogP contribution in [0.25, 0.3) is 11.2 Å². The molecule has 11 heteroatoms. The van der Waals surface area contributed by atoms with E-state index in [-0.39, 0.29) is 36.3 Å². The molecule has 5 N–H and O–H groups in total. The van der Waals surface area contributed by atoms with Crippen LogP contribution in [0.1, 0.15) is 18.9 Å². The molecular formula is C17H23N7O4. The van der Waals surface area contributed by atoms with Crippen molar-refractivity contribution in [2.45, 2.75) is 25.9 Å². The molecule has 0 fully saturated rings. The number of hydrogen-bond donors (Lipinski definition) is 5. The van der Waals surface area contributed by atoms with Gasteiger partial charge in [0.25, 0.3) is 0 Å². The summed E-state index contributed by atoms with van der Waals surface area (Å²) in [7, 11) is 3.16. The van der Waals surface area contributed by atoms with Crippen LogP contribution in [0.3, 0.4) is 0 Å². The Kier molecular flexibility index (Phi) is 5.64. The highest BCUT2D eigenvalue weighted by molar-refractivity contribution is 5.83. The van der Waals surface area contributed by atoms with Gasteiger partial charge in [-0.3, -0.25) is 0 Å². The minimum Gasteiger partial charge on any atom is -0.507 e. The first kappa shape index (κ1) is 19.4. The van der Waals surface area contributed by atoms with Crippen LogP contribution in [0.4, 0.5) is 11.8 Å². The lowest BCUT2D eigenvalue weighted by atomic mass is 10.1. The van der Waals surface area contributed by atoms with E-state index in [1.165, 1.54) is 23.9 Å². The summed E-state index contributed by atoms with van der Waals surface area (Å²) in [6.07, 6.45) is 0.692. The van der Waals surface area contributed by atoms with Crippen molar-refractivity contribution in [1.82, 2.24) is 25.0 Å². The summed E-state index contributed by atoms with van der Waals surface area (Å²) in [5, 5.41) is 43.9. The standard InChI is InChI=1S/C17H23N7O4/c1-4-9(8-25)19-17-20-15(14-16(21-17)24(2)23-22-14)18-7-11-12(26)5-10(28-3)6-13(11)27/h5-6,9,25-27H,4,7-8H2,1-3H3,(H2,18,19,20,21). The van der Waals surface area contributed by atoms with Gasteiger partial charge in [-0.2, -0.15) is 9.97 Å². The van der Waals surface area contributed by atoms with E-state index in [0.29, 0.717) is 35.1 Å². The van der Waals surface area contributed by atoms with Gasteiger partial charge in [0.2, 0.25) is 5.95 Å². The average Bonchev–Trinajstić information content (AvgIpc) is 3.06. The van der Waals surface area contributed by atoms with Gasteiger partial charge in [-0.1, -0.05) is 12.1 Å². The number of aromatic nitrogens is 5. The first-order chi connectivity index (χ1) is 13.5. The Balaban J connectivity index is 1.92. The molecule has 2 heterocycles. The number of ether oxygens (including phenoxy) is 1. The van der Waals surface area contributed by atoms with Gasteiger partial charge in [-0.05, 0) is 6.42 Å². The number of aromatic hydroxyl groups is 2. The average molecular weight is 389 g/mol. The zero-order chi connectivity index (χ0) is 20.3. The molecule has 0 aliphatic heterocycles. The van der Waals surface area contributed by atoms with E-state index in [4.69, 9.17) is 4.74 Å². The number of aryl methyl sites for hydroxylation is 1. The number of aliphatic hydroxyl groups excluding tert-OH is 1. The zero-order valence-corrected chi connectivity index (χ0v) is 15.8. The molecule has 0 saturated heterocycles. The second-order valence-corrected chi connectivity index (χ2v) is 6.21. The molecule has 28 heavy (non-hydrogen) atoms. The maximum Gasteiger partial charge on any atom is 0.227 e. The fraction of sp³-hybridized carbons (Fsp3) is 0.412. The quantitative estimate of drug-likeness (QED) is 0.377. The Bertz CT molecular complexity index is 949. The molecule has 0 bridgehead atoms. The third-order valence-electron chi connectivity index (χ3n) is 4.34. The van der Waals surface area contributed by atoms with Crippen LogP contribution in [-0.2, 0) is 13.6 Å². The molecular weight excluding hydrogens is 366 g/mol. The number of hydrogen-bond acceptors (Lipinski definition) is 10. The minimum absolute atomic E-state index is 0.0576. The van der Waals surface area contributed by atoms with Crippen molar-refractivity contribution in [3.8, 4) is 17.2 Å². The van der Waals surface area contributed by atoms with Crippen molar-refractivity contribution in [2.75, 3.05) is 24.4 Å².